The van der Waals surface area contributed by atoms with E-state index in [0.717, 1.165) is 0 Å². The number of carboxylic acid groups (broad SMARTS) is 1. The number of aliphatic hydroxyl groups is 2. The molecule has 1 aromatic rings. The Bertz CT molecular complexity index is 771. The van der Waals surface area contributed by atoms with E-state index >= 15 is 0 Å². The van der Waals surface area contributed by atoms with Crippen LogP contribution in [0.4, 0.5) is 0 Å². The maximum Gasteiger partial charge on any atom is 0.335 e. The molecule has 0 aliphatic heterocycles. The second kappa shape index (κ2) is 12.4. The van der Waals surface area contributed by atoms with Crippen molar-refractivity contribution in [3.63, 3.8) is 0 Å². The van der Waals surface area contributed by atoms with E-state index in [1.54, 1.807) is 0 Å². The van der Waals surface area contributed by atoms with Crippen LogP contribution in [-0.4, -0.2) is 71.9 Å². The Morgan fingerprint density at radius 2 is 1.19 bits per heavy atom. The fourth-order valence-electron chi connectivity index (χ4n) is 1.93. The van der Waals surface area contributed by atoms with Crippen LogP contribution >= 0.6 is 0 Å². The van der Waals surface area contributed by atoms with Crippen LogP contribution in [0.15, 0.2) is 42.5 Å². The molecule has 0 aliphatic carbocycles. The molecular formula is C21H26O10. The number of carboxylic acids is 1. The largest absolute Gasteiger partial charge is 0.491 e. The van der Waals surface area contributed by atoms with E-state index < -0.39 is 30.1 Å². The first-order chi connectivity index (χ1) is 14.5. The molecule has 0 radical (unpaired) electrons. The van der Waals surface area contributed by atoms with Gasteiger partial charge in [0.05, 0.1) is 5.56 Å². The third-order valence-electron chi connectivity index (χ3n) is 3.52. The third kappa shape index (κ3) is 9.79. The van der Waals surface area contributed by atoms with Gasteiger partial charge in [-0.1, -0.05) is 13.2 Å². The predicted octanol–water partition coefficient (Wildman–Crippen LogP) is 1.10. The topological polar surface area (TPSA) is 149 Å². The van der Waals surface area contributed by atoms with Crippen molar-refractivity contribution in [3.8, 4) is 11.5 Å². The van der Waals surface area contributed by atoms with Crippen molar-refractivity contribution in [2.45, 2.75) is 26.1 Å². The van der Waals surface area contributed by atoms with Gasteiger partial charge in [-0.2, -0.15) is 0 Å². The van der Waals surface area contributed by atoms with Crippen molar-refractivity contribution in [2.75, 3.05) is 26.4 Å². The lowest BCUT2D eigenvalue weighted by atomic mass is 10.2. The monoisotopic (exact) mass is 438 g/mol. The first kappa shape index (κ1) is 25.7. The smallest absolute Gasteiger partial charge is 0.335 e. The number of benzene rings is 1. The number of carbonyl (C=O) groups is 3. The fourth-order valence-corrected chi connectivity index (χ4v) is 1.93. The van der Waals surface area contributed by atoms with Crippen LogP contribution in [0, 0.1) is 0 Å². The van der Waals surface area contributed by atoms with E-state index in [1.807, 2.05) is 0 Å². The second-order valence-electron chi connectivity index (χ2n) is 6.69. The van der Waals surface area contributed by atoms with E-state index in [0.29, 0.717) is 0 Å². The Morgan fingerprint density at radius 3 is 1.52 bits per heavy atom. The van der Waals surface area contributed by atoms with E-state index in [4.69, 9.17) is 18.9 Å². The van der Waals surface area contributed by atoms with Gasteiger partial charge >= 0.3 is 17.9 Å². The summed E-state index contributed by atoms with van der Waals surface area (Å²) in [6.45, 7) is 8.53. The van der Waals surface area contributed by atoms with Gasteiger partial charge in [0, 0.05) is 17.2 Å². The van der Waals surface area contributed by atoms with Gasteiger partial charge in [-0.3, -0.25) is 0 Å². The Morgan fingerprint density at radius 1 is 0.806 bits per heavy atom. The molecule has 0 saturated carbocycles. The average molecular weight is 438 g/mol. The Labute approximate surface area is 179 Å². The van der Waals surface area contributed by atoms with E-state index in [-0.39, 0.29) is 54.6 Å². The third-order valence-corrected chi connectivity index (χ3v) is 3.52. The van der Waals surface area contributed by atoms with Crippen LogP contribution in [0.25, 0.3) is 0 Å². The molecule has 10 nitrogen and oxygen atoms in total. The van der Waals surface area contributed by atoms with Crippen molar-refractivity contribution in [1.29, 1.82) is 0 Å². The number of esters is 2. The summed E-state index contributed by atoms with van der Waals surface area (Å²) in [5.74, 6) is -2.42. The summed E-state index contributed by atoms with van der Waals surface area (Å²) in [4.78, 5) is 34.0. The van der Waals surface area contributed by atoms with Gasteiger partial charge < -0.3 is 34.3 Å². The second-order valence-corrected chi connectivity index (χ2v) is 6.69. The molecule has 0 saturated heterocycles. The lowest BCUT2D eigenvalue weighted by Gasteiger charge is -2.16. The number of hydrogen-bond donors (Lipinski definition) is 3. The van der Waals surface area contributed by atoms with Gasteiger partial charge in [-0.15, -0.1) is 0 Å². The number of carbonyl (C=O) groups excluding carboxylic acids is 2. The van der Waals surface area contributed by atoms with Crippen molar-refractivity contribution < 1.29 is 48.7 Å². The van der Waals surface area contributed by atoms with Gasteiger partial charge in [0.15, 0.2) is 0 Å². The molecule has 1 aromatic carbocycles. The molecule has 0 bridgehead atoms. The van der Waals surface area contributed by atoms with Crippen LogP contribution in [0.3, 0.4) is 0 Å². The zero-order chi connectivity index (χ0) is 23.6. The molecule has 170 valence electrons. The van der Waals surface area contributed by atoms with Crippen LogP contribution < -0.4 is 9.47 Å². The first-order valence-electron chi connectivity index (χ1n) is 9.15. The zero-order valence-electron chi connectivity index (χ0n) is 17.3. The van der Waals surface area contributed by atoms with Crippen molar-refractivity contribution in [1.82, 2.24) is 0 Å². The molecule has 0 amide bonds. The molecule has 0 aromatic heterocycles. The summed E-state index contributed by atoms with van der Waals surface area (Å²) >= 11 is 0. The Hall–Kier alpha value is -3.37. The quantitative estimate of drug-likeness (QED) is 0.302. The fraction of sp³-hybridized carbons (Fsp3) is 0.381. The van der Waals surface area contributed by atoms with Crippen LogP contribution in [0.5, 0.6) is 11.5 Å². The summed E-state index contributed by atoms with van der Waals surface area (Å²) in [5, 5.41) is 28.9. The van der Waals surface area contributed by atoms with Gasteiger partial charge in [-0.05, 0) is 26.0 Å². The SMILES string of the molecule is C=C(C)C(=O)OCC(O)COc1cc(OCC(O)COC(=O)C(=C)C)cc(C(=O)O)c1. The molecule has 2 atom stereocenters. The number of hydrogen-bond acceptors (Lipinski definition) is 9. The van der Waals surface area contributed by atoms with E-state index in [9.17, 15) is 29.7 Å². The Kier molecular flexibility index (Phi) is 10.2. The zero-order valence-corrected chi connectivity index (χ0v) is 17.3. The number of rotatable bonds is 13. The van der Waals surface area contributed by atoms with Gasteiger partial charge in [0.2, 0.25) is 0 Å². The van der Waals surface area contributed by atoms with Crippen molar-refractivity contribution in [3.05, 3.63) is 48.1 Å². The highest BCUT2D eigenvalue weighted by Gasteiger charge is 2.15. The van der Waals surface area contributed by atoms with Crippen LogP contribution in [0.2, 0.25) is 0 Å². The number of ether oxygens (including phenoxy) is 4. The molecule has 1 rings (SSSR count). The maximum absolute atomic E-state index is 11.3. The van der Waals surface area contributed by atoms with Gasteiger partial charge in [0.1, 0.15) is 50.1 Å². The standard InChI is InChI=1S/C21H26O10/c1-12(2)20(26)30-10-15(22)8-28-17-5-14(19(24)25)6-18(7-17)29-9-16(23)11-31-21(27)13(3)4/h5-7,15-16,22-23H,1,3,8-11H2,2,4H3,(H,24,25). The summed E-state index contributed by atoms with van der Waals surface area (Å²) in [6, 6.07) is 3.78. The van der Waals surface area contributed by atoms with E-state index in [2.05, 4.69) is 13.2 Å². The summed E-state index contributed by atoms with van der Waals surface area (Å²) < 4.78 is 20.3. The molecule has 0 fully saturated rings. The molecular weight excluding hydrogens is 412 g/mol. The normalized spacial score (nSPS) is 12.3. The first-order valence-corrected chi connectivity index (χ1v) is 9.15. The van der Waals surface area contributed by atoms with Crippen LogP contribution in [0.1, 0.15) is 24.2 Å². The minimum atomic E-state index is -1.25. The summed E-state index contributed by atoms with van der Waals surface area (Å²) in [7, 11) is 0. The highest BCUT2D eigenvalue weighted by Crippen LogP contribution is 2.23. The molecule has 2 unspecified atom stereocenters. The average Bonchev–Trinajstić information content (AvgIpc) is 2.72. The lowest BCUT2D eigenvalue weighted by molar-refractivity contribution is -0.143. The van der Waals surface area contributed by atoms with Gasteiger partial charge in [0.25, 0.3) is 0 Å². The summed E-state index contributed by atoms with van der Waals surface area (Å²) in [5.41, 5.74) is 0.209. The molecule has 0 heterocycles. The minimum Gasteiger partial charge on any atom is -0.491 e. The van der Waals surface area contributed by atoms with Crippen molar-refractivity contribution >= 4 is 17.9 Å². The maximum atomic E-state index is 11.3. The van der Waals surface area contributed by atoms with E-state index in [1.165, 1.54) is 32.0 Å². The van der Waals surface area contributed by atoms with Crippen molar-refractivity contribution in [2.24, 2.45) is 0 Å². The highest BCUT2D eigenvalue weighted by atomic mass is 16.6. The minimum absolute atomic E-state index is 0.0726. The summed E-state index contributed by atoms with van der Waals surface area (Å²) in [6.07, 6.45) is -2.32. The molecule has 31 heavy (non-hydrogen) atoms. The number of aromatic carboxylic acids is 1. The molecule has 3 N–H and O–H groups in total. The van der Waals surface area contributed by atoms with Crippen LogP contribution in [-0.2, 0) is 19.1 Å². The number of aliphatic hydroxyl groups excluding tert-OH is 2. The predicted molar refractivity (Wildman–Crippen MR) is 108 cm³/mol. The molecule has 10 heteroatoms. The van der Waals surface area contributed by atoms with Gasteiger partial charge in [-0.25, -0.2) is 14.4 Å². The highest BCUT2D eigenvalue weighted by molar-refractivity contribution is 5.89. The molecule has 0 spiro atoms. The lowest BCUT2D eigenvalue weighted by Crippen LogP contribution is -2.26. The molecule has 0 aliphatic rings. The Balaban J connectivity index is 2.67.